The van der Waals surface area contributed by atoms with Crippen molar-refractivity contribution in [3.8, 4) is 11.8 Å². The van der Waals surface area contributed by atoms with Crippen LogP contribution in [0.4, 0.5) is 0 Å². The van der Waals surface area contributed by atoms with E-state index in [1.54, 1.807) is 0 Å². The van der Waals surface area contributed by atoms with Crippen molar-refractivity contribution in [1.82, 2.24) is 4.90 Å². The fourth-order valence-corrected chi connectivity index (χ4v) is 3.48. The van der Waals surface area contributed by atoms with Crippen molar-refractivity contribution in [3.63, 3.8) is 0 Å². The monoisotopic (exact) mass is 345 g/mol. The molecule has 1 aliphatic rings. The summed E-state index contributed by atoms with van der Waals surface area (Å²) in [5.41, 5.74) is 3.46. The molecule has 0 N–H and O–H groups in total. The highest BCUT2D eigenvalue weighted by molar-refractivity contribution is 5.76. The third-order valence-corrected chi connectivity index (χ3v) is 5.03. The van der Waals surface area contributed by atoms with Crippen LogP contribution in [0.5, 0.6) is 0 Å². The standard InChI is InChI=1S/C24H27NO/c1-2-6-24(26)25-17-15-23(16-18-25)19-22-13-11-21(12-14-22)10-9-20-7-4-3-5-8-20/h3-5,7-8,11-14,23H,2,6,15-19H2,1H3. The highest BCUT2D eigenvalue weighted by atomic mass is 16.2. The van der Waals surface area contributed by atoms with Gasteiger partial charge in [0.15, 0.2) is 0 Å². The van der Waals surface area contributed by atoms with Gasteiger partial charge in [-0.2, -0.15) is 0 Å². The van der Waals surface area contributed by atoms with Gasteiger partial charge in [-0.05, 0) is 61.4 Å². The molecular weight excluding hydrogens is 318 g/mol. The van der Waals surface area contributed by atoms with Gasteiger partial charge in [-0.3, -0.25) is 4.79 Å². The van der Waals surface area contributed by atoms with Crippen molar-refractivity contribution >= 4 is 5.91 Å². The number of likely N-dealkylation sites (tertiary alicyclic amines) is 1. The Morgan fingerprint density at radius 1 is 0.962 bits per heavy atom. The molecule has 2 aromatic rings. The molecule has 1 aliphatic heterocycles. The lowest BCUT2D eigenvalue weighted by atomic mass is 9.90. The predicted molar refractivity (Wildman–Crippen MR) is 107 cm³/mol. The van der Waals surface area contributed by atoms with E-state index in [1.165, 1.54) is 5.56 Å². The fourth-order valence-electron chi connectivity index (χ4n) is 3.48. The minimum atomic E-state index is 0.326. The first-order valence-electron chi connectivity index (χ1n) is 9.68. The maximum atomic E-state index is 12.0. The van der Waals surface area contributed by atoms with Gasteiger partial charge in [0.1, 0.15) is 0 Å². The molecule has 0 bridgehead atoms. The van der Waals surface area contributed by atoms with Crippen LogP contribution in [0.1, 0.15) is 49.3 Å². The summed E-state index contributed by atoms with van der Waals surface area (Å²) in [5, 5.41) is 0. The number of carbonyl (C=O) groups is 1. The van der Waals surface area contributed by atoms with Crippen molar-refractivity contribution < 1.29 is 4.79 Å². The number of amides is 1. The van der Waals surface area contributed by atoms with Crippen LogP contribution in [0.15, 0.2) is 54.6 Å². The van der Waals surface area contributed by atoms with E-state index in [0.29, 0.717) is 18.2 Å². The molecule has 26 heavy (non-hydrogen) atoms. The van der Waals surface area contributed by atoms with Crippen LogP contribution in [0.3, 0.4) is 0 Å². The Balaban J connectivity index is 1.51. The van der Waals surface area contributed by atoms with Gasteiger partial charge in [0.25, 0.3) is 0 Å². The first-order chi connectivity index (χ1) is 12.7. The zero-order chi connectivity index (χ0) is 18.2. The molecule has 0 aliphatic carbocycles. The summed E-state index contributed by atoms with van der Waals surface area (Å²) in [5.74, 6) is 7.44. The number of hydrogen-bond acceptors (Lipinski definition) is 1. The molecule has 0 spiro atoms. The first kappa shape index (κ1) is 18.3. The topological polar surface area (TPSA) is 20.3 Å². The Morgan fingerprint density at radius 2 is 1.58 bits per heavy atom. The number of carbonyl (C=O) groups excluding carboxylic acids is 1. The van der Waals surface area contributed by atoms with Crippen molar-refractivity contribution in [2.24, 2.45) is 5.92 Å². The normalized spacial score (nSPS) is 14.6. The number of piperidine rings is 1. The molecule has 2 nitrogen and oxygen atoms in total. The van der Waals surface area contributed by atoms with Crippen LogP contribution >= 0.6 is 0 Å². The minimum absolute atomic E-state index is 0.326. The first-order valence-corrected chi connectivity index (χ1v) is 9.68. The summed E-state index contributed by atoms with van der Waals surface area (Å²) >= 11 is 0. The van der Waals surface area contributed by atoms with Crippen molar-refractivity contribution in [1.29, 1.82) is 0 Å². The molecule has 1 fully saturated rings. The average molecular weight is 345 g/mol. The lowest BCUT2D eigenvalue weighted by Gasteiger charge is -2.32. The number of rotatable bonds is 4. The number of nitrogens with zero attached hydrogens (tertiary/aromatic N) is 1. The zero-order valence-corrected chi connectivity index (χ0v) is 15.6. The molecule has 134 valence electrons. The Labute approximate surface area is 157 Å². The van der Waals surface area contributed by atoms with Crippen LogP contribution in [0.2, 0.25) is 0 Å². The molecule has 0 aromatic heterocycles. The minimum Gasteiger partial charge on any atom is -0.343 e. The molecule has 3 rings (SSSR count). The smallest absolute Gasteiger partial charge is 0.222 e. The summed E-state index contributed by atoms with van der Waals surface area (Å²) in [6.07, 6.45) is 4.96. The van der Waals surface area contributed by atoms with E-state index in [0.717, 1.165) is 49.9 Å². The van der Waals surface area contributed by atoms with Crippen LogP contribution in [0, 0.1) is 17.8 Å². The molecular formula is C24H27NO. The van der Waals surface area contributed by atoms with E-state index >= 15 is 0 Å². The lowest BCUT2D eigenvalue weighted by molar-refractivity contribution is -0.132. The van der Waals surface area contributed by atoms with Gasteiger partial charge in [-0.15, -0.1) is 0 Å². The van der Waals surface area contributed by atoms with E-state index in [2.05, 4.69) is 43.0 Å². The second-order valence-corrected chi connectivity index (χ2v) is 7.09. The highest BCUT2D eigenvalue weighted by Gasteiger charge is 2.22. The third kappa shape index (κ3) is 5.23. The van der Waals surface area contributed by atoms with Gasteiger partial charge in [0, 0.05) is 30.6 Å². The fraction of sp³-hybridized carbons (Fsp3) is 0.375. The Morgan fingerprint density at radius 3 is 2.19 bits per heavy atom. The molecule has 2 aromatic carbocycles. The van der Waals surface area contributed by atoms with E-state index in [4.69, 9.17) is 0 Å². The van der Waals surface area contributed by atoms with Gasteiger partial charge in [-0.25, -0.2) is 0 Å². The summed E-state index contributed by atoms with van der Waals surface area (Å²) in [6, 6.07) is 18.7. The van der Waals surface area contributed by atoms with Gasteiger partial charge < -0.3 is 4.90 Å². The van der Waals surface area contributed by atoms with E-state index in [9.17, 15) is 4.79 Å². The Hall–Kier alpha value is -2.53. The quantitative estimate of drug-likeness (QED) is 0.738. The Bertz CT molecular complexity index is 759. The third-order valence-electron chi connectivity index (χ3n) is 5.03. The van der Waals surface area contributed by atoms with Crippen molar-refractivity contribution in [3.05, 3.63) is 71.3 Å². The number of hydrogen-bond donors (Lipinski definition) is 0. The molecule has 0 unspecified atom stereocenters. The molecule has 1 heterocycles. The van der Waals surface area contributed by atoms with E-state index in [1.807, 2.05) is 35.2 Å². The predicted octanol–water partition coefficient (Wildman–Crippen LogP) is 4.67. The molecule has 0 saturated carbocycles. The van der Waals surface area contributed by atoms with Crippen LogP contribution < -0.4 is 0 Å². The lowest BCUT2D eigenvalue weighted by Crippen LogP contribution is -2.38. The van der Waals surface area contributed by atoms with E-state index < -0.39 is 0 Å². The maximum absolute atomic E-state index is 12.0. The second-order valence-electron chi connectivity index (χ2n) is 7.09. The molecule has 2 heteroatoms. The van der Waals surface area contributed by atoms with Gasteiger partial charge in [-0.1, -0.05) is 49.1 Å². The highest BCUT2D eigenvalue weighted by Crippen LogP contribution is 2.22. The van der Waals surface area contributed by atoms with E-state index in [-0.39, 0.29) is 0 Å². The summed E-state index contributed by atoms with van der Waals surface area (Å²) < 4.78 is 0. The van der Waals surface area contributed by atoms with Crippen molar-refractivity contribution in [2.45, 2.75) is 39.0 Å². The van der Waals surface area contributed by atoms with Gasteiger partial charge in [0.05, 0.1) is 0 Å². The molecule has 1 amide bonds. The molecule has 0 radical (unpaired) electrons. The van der Waals surface area contributed by atoms with Crippen molar-refractivity contribution in [2.75, 3.05) is 13.1 Å². The summed E-state index contributed by atoms with van der Waals surface area (Å²) in [6.45, 7) is 3.91. The molecule has 0 atom stereocenters. The van der Waals surface area contributed by atoms with Gasteiger partial charge in [0.2, 0.25) is 5.91 Å². The SMILES string of the molecule is CCCC(=O)N1CCC(Cc2ccc(C#Cc3ccccc3)cc2)CC1. The second kappa shape index (κ2) is 9.25. The average Bonchev–Trinajstić information content (AvgIpc) is 2.69. The summed E-state index contributed by atoms with van der Waals surface area (Å²) in [4.78, 5) is 14.0. The maximum Gasteiger partial charge on any atom is 0.222 e. The zero-order valence-electron chi connectivity index (χ0n) is 15.6. The largest absolute Gasteiger partial charge is 0.343 e. The molecule has 1 saturated heterocycles. The summed E-state index contributed by atoms with van der Waals surface area (Å²) in [7, 11) is 0. The Kier molecular flexibility index (Phi) is 6.50. The van der Waals surface area contributed by atoms with Crippen LogP contribution in [-0.2, 0) is 11.2 Å². The van der Waals surface area contributed by atoms with Crippen LogP contribution in [-0.4, -0.2) is 23.9 Å². The van der Waals surface area contributed by atoms with Gasteiger partial charge >= 0.3 is 0 Å². The number of benzene rings is 2. The van der Waals surface area contributed by atoms with Crippen LogP contribution in [0.25, 0.3) is 0 Å².